The zero-order valence-corrected chi connectivity index (χ0v) is 12.6. The van der Waals surface area contributed by atoms with Crippen LogP contribution in [0.5, 0.6) is 0 Å². The molecule has 5 heteroatoms. The number of amides is 1. The van der Waals surface area contributed by atoms with Gasteiger partial charge in [0.15, 0.2) is 0 Å². The molecule has 0 fully saturated rings. The lowest BCUT2D eigenvalue weighted by Gasteiger charge is -2.22. The number of hydrogen-bond acceptors (Lipinski definition) is 3. The number of carbonyl (C=O) groups excluding carboxylic acids is 1. The second-order valence-corrected chi connectivity index (χ2v) is 5.73. The molecule has 108 valence electrons. The topological polar surface area (TPSA) is 56.2 Å². The number of unbranched alkanes of at least 4 members (excludes halogenated alkanes) is 1. The van der Waals surface area contributed by atoms with Crippen molar-refractivity contribution in [1.29, 1.82) is 0 Å². The van der Waals surface area contributed by atoms with Crippen molar-refractivity contribution in [2.45, 2.75) is 65.6 Å². The third kappa shape index (κ3) is 5.32. The van der Waals surface area contributed by atoms with E-state index in [1.165, 1.54) is 0 Å². The molecule has 1 aromatic rings. The molecule has 1 atom stereocenters. The molecular weight excluding hydrogens is 242 g/mol. The van der Waals surface area contributed by atoms with Crippen molar-refractivity contribution in [2.24, 2.45) is 0 Å². The van der Waals surface area contributed by atoms with Crippen molar-refractivity contribution >= 4 is 6.09 Å². The molecule has 0 aromatic carbocycles. The lowest BCUT2D eigenvalue weighted by atomic mass is 10.2. The summed E-state index contributed by atoms with van der Waals surface area (Å²) in [5.74, 6) is 0. The van der Waals surface area contributed by atoms with Crippen LogP contribution in [0.25, 0.3) is 0 Å². The van der Waals surface area contributed by atoms with Crippen molar-refractivity contribution in [3.8, 4) is 0 Å². The maximum absolute atomic E-state index is 11.7. The highest BCUT2D eigenvalue weighted by atomic mass is 16.6. The Bertz CT molecular complexity index is 407. The summed E-state index contributed by atoms with van der Waals surface area (Å²) in [4.78, 5) is 15.9. The molecule has 5 nitrogen and oxygen atoms in total. The standard InChI is InChI=1S/C14H25N3O2/c1-6-7-8-17-10-15-9-12(17)11(2)16-13(18)19-14(3,4)5/h9-11H,6-8H2,1-5H3,(H,16,18). The Hall–Kier alpha value is -1.52. The summed E-state index contributed by atoms with van der Waals surface area (Å²) in [5.41, 5.74) is 0.519. The Morgan fingerprint density at radius 3 is 2.79 bits per heavy atom. The largest absolute Gasteiger partial charge is 0.444 e. The van der Waals surface area contributed by atoms with Gasteiger partial charge < -0.3 is 14.6 Å². The molecule has 0 aliphatic rings. The summed E-state index contributed by atoms with van der Waals surface area (Å²) in [6.07, 6.45) is 5.42. The fourth-order valence-corrected chi connectivity index (χ4v) is 1.77. The minimum absolute atomic E-state index is 0.116. The molecule has 1 heterocycles. The first-order valence-corrected chi connectivity index (χ1v) is 6.83. The van der Waals surface area contributed by atoms with Crippen molar-refractivity contribution in [2.75, 3.05) is 0 Å². The number of alkyl carbamates (subject to hydrolysis) is 1. The average molecular weight is 267 g/mol. The number of imidazole rings is 1. The monoisotopic (exact) mass is 267 g/mol. The summed E-state index contributed by atoms with van der Waals surface area (Å²) >= 11 is 0. The SMILES string of the molecule is CCCCn1cncc1C(C)NC(=O)OC(C)(C)C. The number of aromatic nitrogens is 2. The fraction of sp³-hybridized carbons (Fsp3) is 0.714. The Labute approximate surface area is 115 Å². The van der Waals surface area contributed by atoms with E-state index >= 15 is 0 Å². The molecule has 0 radical (unpaired) electrons. The van der Waals surface area contributed by atoms with Crippen LogP contribution in [-0.4, -0.2) is 21.2 Å². The Balaban J connectivity index is 2.60. The van der Waals surface area contributed by atoms with Crippen LogP contribution in [0.4, 0.5) is 4.79 Å². The number of carbonyl (C=O) groups is 1. The highest BCUT2D eigenvalue weighted by molar-refractivity contribution is 5.68. The molecule has 1 amide bonds. The Morgan fingerprint density at radius 2 is 2.21 bits per heavy atom. The zero-order valence-electron chi connectivity index (χ0n) is 12.6. The molecule has 1 rings (SSSR count). The molecule has 0 saturated carbocycles. The molecule has 0 spiro atoms. The highest BCUT2D eigenvalue weighted by Gasteiger charge is 2.19. The van der Waals surface area contributed by atoms with Crippen LogP contribution in [0.3, 0.4) is 0 Å². The normalized spacial score (nSPS) is 13.1. The molecule has 1 N–H and O–H groups in total. The highest BCUT2D eigenvalue weighted by Crippen LogP contribution is 2.14. The molecule has 0 bridgehead atoms. The van der Waals surface area contributed by atoms with E-state index in [4.69, 9.17) is 4.74 Å². The van der Waals surface area contributed by atoms with E-state index in [0.29, 0.717) is 0 Å². The smallest absolute Gasteiger partial charge is 0.408 e. The first-order chi connectivity index (χ1) is 8.83. The van der Waals surface area contributed by atoms with Crippen LogP contribution in [-0.2, 0) is 11.3 Å². The number of aryl methyl sites for hydroxylation is 1. The predicted octanol–water partition coefficient (Wildman–Crippen LogP) is 3.27. The summed E-state index contributed by atoms with van der Waals surface area (Å²) in [7, 11) is 0. The lowest BCUT2D eigenvalue weighted by Crippen LogP contribution is -2.34. The molecule has 0 aliphatic heterocycles. The van der Waals surface area contributed by atoms with Gasteiger partial charge in [0, 0.05) is 6.54 Å². The van der Waals surface area contributed by atoms with Gasteiger partial charge in [0.05, 0.1) is 24.3 Å². The summed E-state index contributed by atoms with van der Waals surface area (Å²) in [6, 6.07) is -0.116. The second-order valence-electron chi connectivity index (χ2n) is 5.73. The molecule has 19 heavy (non-hydrogen) atoms. The van der Waals surface area contributed by atoms with E-state index in [-0.39, 0.29) is 6.04 Å². The van der Waals surface area contributed by atoms with Crippen molar-refractivity contribution in [3.63, 3.8) is 0 Å². The number of nitrogens with one attached hydrogen (secondary N) is 1. The third-order valence-electron chi connectivity index (χ3n) is 2.67. The van der Waals surface area contributed by atoms with E-state index in [2.05, 4.69) is 21.8 Å². The Kier molecular flexibility index (Phi) is 5.39. The third-order valence-corrected chi connectivity index (χ3v) is 2.67. The van der Waals surface area contributed by atoms with Crippen molar-refractivity contribution < 1.29 is 9.53 Å². The lowest BCUT2D eigenvalue weighted by molar-refractivity contribution is 0.0506. The van der Waals surface area contributed by atoms with Crippen molar-refractivity contribution in [3.05, 3.63) is 18.2 Å². The van der Waals surface area contributed by atoms with E-state index in [9.17, 15) is 4.79 Å². The van der Waals surface area contributed by atoms with E-state index in [0.717, 1.165) is 25.1 Å². The molecular formula is C14H25N3O2. The average Bonchev–Trinajstić information content (AvgIpc) is 2.71. The minimum Gasteiger partial charge on any atom is -0.444 e. The van der Waals surface area contributed by atoms with Crippen LogP contribution in [0.15, 0.2) is 12.5 Å². The van der Waals surface area contributed by atoms with Gasteiger partial charge in [0.2, 0.25) is 0 Å². The molecule has 1 aromatic heterocycles. The maximum atomic E-state index is 11.7. The van der Waals surface area contributed by atoms with Gasteiger partial charge in [-0.2, -0.15) is 0 Å². The van der Waals surface area contributed by atoms with Gasteiger partial charge in [0.25, 0.3) is 0 Å². The second kappa shape index (κ2) is 6.59. The van der Waals surface area contributed by atoms with Gasteiger partial charge in [-0.25, -0.2) is 9.78 Å². The fourth-order valence-electron chi connectivity index (χ4n) is 1.77. The van der Waals surface area contributed by atoms with Crippen LogP contribution in [0.1, 0.15) is 59.2 Å². The summed E-state index contributed by atoms with van der Waals surface area (Å²) in [5, 5.41) is 2.83. The van der Waals surface area contributed by atoms with Gasteiger partial charge in [-0.05, 0) is 34.1 Å². The van der Waals surface area contributed by atoms with Gasteiger partial charge in [-0.15, -0.1) is 0 Å². The number of hydrogen-bond donors (Lipinski definition) is 1. The first kappa shape index (κ1) is 15.5. The Morgan fingerprint density at radius 1 is 1.53 bits per heavy atom. The number of nitrogens with zero attached hydrogens (tertiary/aromatic N) is 2. The number of rotatable bonds is 5. The predicted molar refractivity (Wildman–Crippen MR) is 74.9 cm³/mol. The molecule has 0 saturated heterocycles. The van der Waals surface area contributed by atoms with E-state index in [1.54, 1.807) is 12.5 Å². The van der Waals surface area contributed by atoms with Crippen LogP contribution >= 0.6 is 0 Å². The van der Waals surface area contributed by atoms with Crippen molar-refractivity contribution in [1.82, 2.24) is 14.9 Å². The first-order valence-electron chi connectivity index (χ1n) is 6.83. The van der Waals surface area contributed by atoms with E-state index in [1.807, 2.05) is 27.7 Å². The quantitative estimate of drug-likeness (QED) is 0.890. The maximum Gasteiger partial charge on any atom is 0.408 e. The van der Waals surface area contributed by atoms with Crippen LogP contribution < -0.4 is 5.32 Å². The van der Waals surface area contributed by atoms with Gasteiger partial charge in [-0.1, -0.05) is 13.3 Å². The minimum atomic E-state index is -0.480. The zero-order chi connectivity index (χ0) is 14.5. The van der Waals surface area contributed by atoms with E-state index < -0.39 is 11.7 Å². The molecule has 1 unspecified atom stereocenters. The van der Waals surface area contributed by atoms with Crippen LogP contribution in [0, 0.1) is 0 Å². The van der Waals surface area contributed by atoms with Gasteiger partial charge in [-0.3, -0.25) is 0 Å². The van der Waals surface area contributed by atoms with Crippen LogP contribution in [0.2, 0.25) is 0 Å². The number of ether oxygens (including phenoxy) is 1. The molecule has 0 aliphatic carbocycles. The summed E-state index contributed by atoms with van der Waals surface area (Å²) in [6.45, 7) is 10.6. The summed E-state index contributed by atoms with van der Waals surface area (Å²) < 4.78 is 7.32. The van der Waals surface area contributed by atoms with Gasteiger partial charge >= 0.3 is 6.09 Å². The van der Waals surface area contributed by atoms with Gasteiger partial charge in [0.1, 0.15) is 5.60 Å².